The SMILES string of the molecule is C/C=C/C=C(\C)OC=O.CN1CCC1(C)C(=O)N(CCCC(=O)O)Cc1ccc(Cl)cc1. The first-order valence-electron chi connectivity index (χ1n) is 10.5. The number of benzene rings is 1. The number of hydrogen-bond donors (Lipinski definition) is 1. The van der Waals surface area contributed by atoms with Gasteiger partial charge in [-0.15, -0.1) is 0 Å². The van der Waals surface area contributed by atoms with E-state index in [1.807, 2.05) is 44.0 Å². The molecule has 1 fully saturated rings. The molecule has 1 aliphatic rings. The third-order valence-electron chi connectivity index (χ3n) is 5.39. The molecule has 1 aliphatic heterocycles. The molecule has 7 nitrogen and oxygen atoms in total. The third-order valence-corrected chi connectivity index (χ3v) is 5.64. The van der Waals surface area contributed by atoms with Gasteiger partial charge in [0.05, 0.1) is 5.54 Å². The van der Waals surface area contributed by atoms with Gasteiger partial charge in [0.2, 0.25) is 5.91 Å². The predicted octanol–water partition coefficient (Wildman–Crippen LogP) is 4.27. The molecule has 8 heteroatoms. The number of likely N-dealkylation sites (tertiary alicyclic amines) is 1. The highest BCUT2D eigenvalue weighted by Crippen LogP contribution is 2.31. The van der Waals surface area contributed by atoms with E-state index < -0.39 is 11.5 Å². The Hall–Kier alpha value is -2.64. The number of aliphatic carboxylic acids is 1. The second-order valence-corrected chi connectivity index (χ2v) is 8.25. The number of ether oxygens (including phenoxy) is 1. The lowest BCUT2D eigenvalue weighted by Crippen LogP contribution is -2.64. The van der Waals surface area contributed by atoms with Gasteiger partial charge in [-0.25, -0.2) is 0 Å². The Kier molecular flexibility index (Phi) is 11.7. The minimum Gasteiger partial charge on any atom is -0.481 e. The topological polar surface area (TPSA) is 87.2 Å². The smallest absolute Gasteiger partial charge is 0.303 e. The summed E-state index contributed by atoms with van der Waals surface area (Å²) in [6.07, 6.45) is 6.73. The molecule has 176 valence electrons. The summed E-state index contributed by atoms with van der Waals surface area (Å²) in [5.74, 6) is -0.175. The monoisotopic (exact) mass is 464 g/mol. The number of carbonyl (C=O) groups excluding carboxylic acids is 2. The summed E-state index contributed by atoms with van der Waals surface area (Å²) >= 11 is 5.90. The molecule has 1 amide bonds. The van der Waals surface area contributed by atoms with Crippen LogP contribution in [0.25, 0.3) is 0 Å². The molecule has 0 bridgehead atoms. The van der Waals surface area contributed by atoms with E-state index in [0.29, 0.717) is 36.8 Å². The zero-order chi connectivity index (χ0) is 24.1. The summed E-state index contributed by atoms with van der Waals surface area (Å²) in [6.45, 7) is 7.79. The number of amides is 1. The summed E-state index contributed by atoms with van der Waals surface area (Å²) < 4.78 is 4.47. The lowest BCUT2D eigenvalue weighted by Gasteiger charge is -2.49. The van der Waals surface area contributed by atoms with Crippen LogP contribution in [0.15, 0.2) is 48.3 Å². The summed E-state index contributed by atoms with van der Waals surface area (Å²) in [5, 5.41) is 9.47. The highest BCUT2D eigenvalue weighted by atomic mass is 35.5. The van der Waals surface area contributed by atoms with Gasteiger partial charge in [-0.05, 0) is 64.4 Å². The lowest BCUT2D eigenvalue weighted by atomic mass is 9.85. The van der Waals surface area contributed by atoms with Crippen LogP contribution >= 0.6 is 11.6 Å². The molecule has 32 heavy (non-hydrogen) atoms. The summed E-state index contributed by atoms with van der Waals surface area (Å²) in [6, 6.07) is 7.39. The summed E-state index contributed by atoms with van der Waals surface area (Å²) in [7, 11) is 1.94. The molecule has 1 heterocycles. The van der Waals surface area contributed by atoms with Gasteiger partial charge in [0.15, 0.2) is 0 Å². The molecular formula is C24H33ClN2O5. The second kappa shape index (κ2) is 13.7. The van der Waals surface area contributed by atoms with Gasteiger partial charge in [-0.1, -0.05) is 35.9 Å². The molecule has 0 saturated carbocycles. The molecule has 1 aromatic rings. The van der Waals surface area contributed by atoms with Crippen LogP contribution < -0.4 is 0 Å². The van der Waals surface area contributed by atoms with Gasteiger partial charge in [0.1, 0.15) is 5.76 Å². The van der Waals surface area contributed by atoms with Gasteiger partial charge in [-0.3, -0.25) is 19.3 Å². The molecule has 0 aliphatic carbocycles. The summed E-state index contributed by atoms with van der Waals surface area (Å²) in [4.78, 5) is 37.2. The molecule has 1 N–H and O–H groups in total. The number of likely N-dealkylation sites (N-methyl/N-ethyl adjacent to an activating group) is 1. The van der Waals surface area contributed by atoms with Crippen molar-refractivity contribution in [1.29, 1.82) is 0 Å². The maximum atomic E-state index is 12.9. The Morgan fingerprint density at radius 2 is 1.97 bits per heavy atom. The number of halogens is 1. The first-order valence-corrected chi connectivity index (χ1v) is 10.9. The largest absolute Gasteiger partial charge is 0.481 e. The van der Waals surface area contributed by atoms with Crippen LogP contribution in [0.5, 0.6) is 0 Å². The summed E-state index contributed by atoms with van der Waals surface area (Å²) in [5.41, 5.74) is 0.513. The normalized spacial score (nSPS) is 18.3. The minimum atomic E-state index is -0.837. The van der Waals surface area contributed by atoms with Crippen LogP contribution in [0.1, 0.15) is 45.6 Å². The number of carbonyl (C=O) groups is 3. The molecule has 0 aromatic heterocycles. The van der Waals surface area contributed by atoms with Crippen LogP contribution in [-0.4, -0.2) is 58.9 Å². The highest BCUT2D eigenvalue weighted by Gasteiger charge is 2.46. The zero-order valence-electron chi connectivity index (χ0n) is 19.2. The van der Waals surface area contributed by atoms with Crippen molar-refractivity contribution in [3.8, 4) is 0 Å². The van der Waals surface area contributed by atoms with Crippen LogP contribution in [-0.2, 0) is 25.7 Å². The van der Waals surface area contributed by atoms with Crippen LogP contribution in [0, 0.1) is 0 Å². The fourth-order valence-electron chi connectivity index (χ4n) is 3.11. The maximum Gasteiger partial charge on any atom is 0.303 e. The van der Waals surface area contributed by atoms with Gasteiger partial charge < -0.3 is 14.7 Å². The van der Waals surface area contributed by atoms with Crippen molar-refractivity contribution in [1.82, 2.24) is 9.80 Å². The van der Waals surface area contributed by atoms with Crippen molar-refractivity contribution in [2.24, 2.45) is 0 Å². The second-order valence-electron chi connectivity index (χ2n) is 7.81. The van der Waals surface area contributed by atoms with E-state index in [1.54, 1.807) is 36.1 Å². The van der Waals surface area contributed by atoms with Crippen molar-refractivity contribution in [3.05, 3.63) is 58.8 Å². The standard InChI is InChI=1S/C17H23ClN2O3.C7H10O2/c1-17(9-11-19(17)2)16(23)20(10-3-4-15(21)22)12-13-5-7-14(18)8-6-13;1-3-4-5-7(2)9-6-8/h5-8H,3-4,9-12H2,1-2H3,(H,21,22);3-6H,1-2H3/b;4-3+,7-5+. The average molecular weight is 465 g/mol. The van der Waals surface area contributed by atoms with Crippen LogP contribution in [0.2, 0.25) is 5.02 Å². The van der Waals surface area contributed by atoms with Crippen LogP contribution in [0.4, 0.5) is 0 Å². The molecule has 0 spiro atoms. The van der Waals surface area contributed by atoms with E-state index in [9.17, 15) is 14.4 Å². The van der Waals surface area contributed by atoms with Gasteiger partial charge in [-0.2, -0.15) is 0 Å². The zero-order valence-corrected chi connectivity index (χ0v) is 20.0. The van der Waals surface area contributed by atoms with E-state index in [4.69, 9.17) is 16.7 Å². The lowest BCUT2D eigenvalue weighted by molar-refractivity contribution is -0.151. The average Bonchev–Trinajstić information content (AvgIpc) is 2.76. The predicted molar refractivity (Wildman–Crippen MR) is 125 cm³/mol. The van der Waals surface area contributed by atoms with Crippen molar-refractivity contribution < 1.29 is 24.2 Å². The maximum absolute atomic E-state index is 12.9. The molecular weight excluding hydrogens is 432 g/mol. The fraction of sp³-hybridized carbons (Fsp3) is 0.458. The van der Waals surface area contributed by atoms with E-state index in [1.165, 1.54) is 0 Å². The molecule has 0 radical (unpaired) electrons. The van der Waals surface area contributed by atoms with Crippen molar-refractivity contribution in [3.63, 3.8) is 0 Å². The Balaban J connectivity index is 0.000000482. The van der Waals surface area contributed by atoms with Crippen LogP contribution in [0.3, 0.4) is 0 Å². The third kappa shape index (κ3) is 8.85. The fourth-order valence-corrected chi connectivity index (χ4v) is 3.24. The van der Waals surface area contributed by atoms with E-state index in [-0.39, 0.29) is 12.3 Å². The number of rotatable bonds is 10. The van der Waals surface area contributed by atoms with Crippen molar-refractivity contribution in [2.75, 3.05) is 20.1 Å². The molecule has 1 unspecified atom stereocenters. The number of hydrogen-bond acceptors (Lipinski definition) is 5. The molecule has 1 saturated heterocycles. The van der Waals surface area contributed by atoms with Gasteiger partial charge >= 0.3 is 5.97 Å². The first-order chi connectivity index (χ1) is 15.1. The Morgan fingerprint density at radius 3 is 2.44 bits per heavy atom. The van der Waals surface area contributed by atoms with E-state index in [2.05, 4.69) is 4.74 Å². The van der Waals surface area contributed by atoms with Crippen molar-refractivity contribution in [2.45, 2.75) is 52.1 Å². The first kappa shape index (κ1) is 27.4. The van der Waals surface area contributed by atoms with E-state index in [0.717, 1.165) is 18.5 Å². The minimum absolute atomic E-state index is 0.0617. The Morgan fingerprint density at radius 1 is 1.31 bits per heavy atom. The van der Waals surface area contributed by atoms with Crippen molar-refractivity contribution >= 4 is 29.9 Å². The molecule has 1 aromatic carbocycles. The number of allylic oxidation sites excluding steroid dienone is 4. The number of carboxylic acid groups (broad SMARTS) is 1. The number of carboxylic acids is 1. The Labute approximate surface area is 195 Å². The number of nitrogens with zero attached hydrogens (tertiary/aromatic N) is 2. The van der Waals surface area contributed by atoms with Gasteiger partial charge in [0, 0.05) is 31.1 Å². The quantitative estimate of drug-likeness (QED) is 0.316. The highest BCUT2D eigenvalue weighted by molar-refractivity contribution is 6.30. The molecule has 2 rings (SSSR count). The van der Waals surface area contributed by atoms with E-state index >= 15 is 0 Å². The molecule has 1 atom stereocenters. The van der Waals surface area contributed by atoms with Gasteiger partial charge in [0.25, 0.3) is 6.47 Å². The Bertz CT molecular complexity index is 822.